The number of alkyl carbamates (subject to hydrolysis) is 1. The largest absolute Gasteiger partial charge is 0.616 e. The number of nitro benzene ring substituents is 1. The predicted molar refractivity (Wildman–Crippen MR) is 239 cm³/mol. The second kappa shape index (κ2) is 21.7. The minimum absolute atomic E-state index is 0.0684. The van der Waals surface area contributed by atoms with Gasteiger partial charge in [-0.05, 0) is 80.1 Å². The maximum absolute atomic E-state index is 13.6. The van der Waals surface area contributed by atoms with Gasteiger partial charge in [0.25, 0.3) is 5.69 Å². The number of hydrogen-bond donors (Lipinski definition) is 1. The molecule has 2 amide bonds. The van der Waals surface area contributed by atoms with Gasteiger partial charge in [0.15, 0.2) is 17.6 Å². The summed E-state index contributed by atoms with van der Waals surface area (Å²) in [6.07, 6.45) is 6.88. The van der Waals surface area contributed by atoms with Crippen molar-refractivity contribution in [1.82, 2.24) is 10.2 Å². The second-order valence-electron chi connectivity index (χ2n) is 16.1. The first-order chi connectivity index (χ1) is 29.9. The highest BCUT2D eigenvalue weighted by molar-refractivity contribution is 8.01. The van der Waals surface area contributed by atoms with Crippen LogP contribution in [0.3, 0.4) is 0 Å². The molecule has 4 aromatic carbocycles. The van der Waals surface area contributed by atoms with E-state index in [9.17, 15) is 29.1 Å². The molecule has 330 valence electrons. The van der Waals surface area contributed by atoms with Gasteiger partial charge < -0.3 is 33.7 Å². The highest BCUT2D eigenvalue weighted by Crippen LogP contribution is 2.51. The van der Waals surface area contributed by atoms with Crippen molar-refractivity contribution in [3.63, 3.8) is 0 Å². The van der Waals surface area contributed by atoms with E-state index >= 15 is 0 Å². The molecule has 13 nitrogen and oxygen atoms in total. The molecule has 62 heavy (non-hydrogen) atoms. The summed E-state index contributed by atoms with van der Waals surface area (Å²) in [4.78, 5) is 51.0. The monoisotopic (exact) mass is 885 g/mol. The van der Waals surface area contributed by atoms with E-state index in [2.05, 4.69) is 19.2 Å². The van der Waals surface area contributed by atoms with Crippen LogP contribution in [0.4, 0.5) is 10.5 Å². The number of thioether (sulfide) groups is 1. The number of hydrogen-bond acceptors (Lipinski definition) is 11. The SMILES string of the molecule is CC1(C)S[C@@H]2C(NC(=O)OCc3ccc([N+](=O)[O-])cc3)C(=O)N2[C@H]1C(=O)OC(c1ccccc1)c1ccccc1.CCCCCCCC[S+]([O-])C(C)Cc1ccc2c(c1)OCO2. The van der Waals surface area contributed by atoms with Gasteiger partial charge in [-0.25, -0.2) is 9.59 Å². The first kappa shape index (κ1) is 46.3. The molecule has 2 fully saturated rings. The Morgan fingerprint density at radius 3 is 2.16 bits per heavy atom. The molecule has 0 aromatic heterocycles. The lowest BCUT2D eigenvalue weighted by atomic mass is 9.95. The second-order valence-corrected chi connectivity index (χ2v) is 19.8. The maximum atomic E-state index is 13.6. The zero-order valence-electron chi connectivity index (χ0n) is 35.6. The van der Waals surface area contributed by atoms with Gasteiger partial charge in [-0.15, -0.1) is 11.8 Å². The number of amides is 2. The third-order valence-corrected chi connectivity index (χ3v) is 14.3. The van der Waals surface area contributed by atoms with Crippen LogP contribution in [0, 0.1) is 10.1 Å². The molecule has 2 saturated heterocycles. The summed E-state index contributed by atoms with van der Waals surface area (Å²) < 4.78 is 33.7. The fourth-order valence-electron chi connectivity index (χ4n) is 7.64. The van der Waals surface area contributed by atoms with Crippen molar-refractivity contribution in [2.24, 2.45) is 0 Å². The molecule has 0 spiro atoms. The van der Waals surface area contributed by atoms with Crippen LogP contribution in [0.15, 0.2) is 103 Å². The van der Waals surface area contributed by atoms with Crippen LogP contribution >= 0.6 is 11.8 Å². The Labute approximate surface area is 370 Å². The minimum Gasteiger partial charge on any atom is -0.616 e. The summed E-state index contributed by atoms with van der Waals surface area (Å²) in [7, 11) is 0. The molecule has 5 atom stereocenters. The van der Waals surface area contributed by atoms with Gasteiger partial charge in [0.1, 0.15) is 35.1 Å². The van der Waals surface area contributed by atoms with Crippen LogP contribution in [0.5, 0.6) is 11.5 Å². The highest BCUT2D eigenvalue weighted by atomic mass is 32.2. The van der Waals surface area contributed by atoms with Crippen molar-refractivity contribution in [3.8, 4) is 11.5 Å². The topological polar surface area (TPSA) is 170 Å². The number of carbonyl (C=O) groups excluding carboxylic acids is 3. The molecule has 3 heterocycles. The first-order valence-electron chi connectivity index (χ1n) is 21.1. The summed E-state index contributed by atoms with van der Waals surface area (Å²) in [5.41, 5.74) is 3.29. The van der Waals surface area contributed by atoms with Crippen molar-refractivity contribution in [1.29, 1.82) is 0 Å². The van der Waals surface area contributed by atoms with E-state index in [-0.39, 0.29) is 17.5 Å². The Morgan fingerprint density at radius 2 is 1.52 bits per heavy atom. The normalized spacial score (nSPS) is 19.0. The lowest BCUT2D eigenvalue weighted by molar-refractivity contribution is -0.384. The van der Waals surface area contributed by atoms with E-state index in [1.165, 1.54) is 78.6 Å². The number of rotatable bonds is 18. The van der Waals surface area contributed by atoms with Crippen LogP contribution in [0.25, 0.3) is 0 Å². The van der Waals surface area contributed by atoms with Gasteiger partial charge in [0.05, 0.1) is 4.92 Å². The average Bonchev–Trinajstić information content (AvgIpc) is 3.85. The summed E-state index contributed by atoms with van der Waals surface area (Å²) in [6.45, 7) is 8.24. The molecule has 1 N–H and O–H groups in total. The first-order valence-corrected chi connectivity index (χ1v) is 23.3. The van der Waals surface area contributed by atoms with E-state index in [0.717, 1.165) is 41.2 Å². The summed E-state index contributed by atoms with van der Waals surface area (Å²) in [5, 5.41) is 13.1. The maximum Gasteiger partial charge on any atom is 0.408 e. The Balaban J connectivity index is 0.000000246. The number of esters is 1. The third kappa shape index (κ3) is 11.8. The van der Waals surface area contributed by atoms with Crippen molar-refractivity contribution in [3.05, 3.63) is 135 Å². The van der Waals surface area contributed by atoms with E-state index < -0.39 is 62.4 Å². The van der Waals surface area contributed by atoms with Crippen molar-refractivity contribution in [2.45, 2.75) is 113 Å². The summed E-state index contributed by atoms with van der Waals surface area (Å²) in [5.74, 6) is 1.53. The highest BCUT2D eigenvalue weighted by Gasteiger charge is 2.64. The lowest BCUT2D eigenvalue weighted by Gasteiger charge is -2.43. The van der Waals surface area contributed by atoms with Gasteiger partial charge in [0, 0.05) is 23.3 Å². The zero-order valence-corrected chi connectivity index (χ0v) is 37.2. The molecular formula is C47H55N3O10S2. The van der Waals surface area contributed by atoms with Crippen LogP contribution in [-0.2, 0) is 43.3 Å². The number of nitrogens with one attached hydrogen (secondary N) is 1. The minimum atomic E-state index is -0.856. The van der Waals surface area contributed by atoms with Gasteiger partial charge in [-0.3, -0.25) is 14.9 Å². The smallest absolute Gasteiger partial charge is 0.408 e. The van der Waals surface area contributed by atoms with Crippen molar-refractivity contribution in [2.75, 3.05) is 12.5 Å². The molecule has 0 aliphatic carbocycles. The molecule has 3 unspecified atom stereocenters. The molecule has 3 aliphatic rings. The summed E-state index contributed by atoms with van der Waals surface area (Å²) >= 11 is 0.673. The average molecular weight is 886 g/mol. The molecule has 7 rings (SSSR count). The molecule has 0 radical (unpaired) electrons. The van der Waals surface area contributed by atoms with Crippen LogP contribution in [-0.4, -0.2) is 72.3 Å². The van der Waals surface area contributed by atoms with Gasteiger partial charge >= 0.3 is 12.1 Å². The number of ether oxygens (including phenoxy) is 4. The van der Waals surface area contributed by atoms with E-state index in [4.69, 9.17) is 18.9 Å². The number of carbonyl (C=O) groups is 3. The Morgan fingerprint density at radius 1 is 0.903 bits per heavy atom. The Hall–Kier alpha value is -5.25. The molecule has 4 aromatic rings. The standard InChI is InChI=1S/C29H27N3O7S.C18H28O3S/c1-29(2)24(27(34)39-23(19-9-5-3-6-10-19)20-11-7-4-8-12-20)31-25(33)22(26(31)40-29)30-28(35)38-17-18-13-15-21(16-14-18)32(36)37;1-3-4-5-6-7-8-11-22(19)15(2)12-16-9-10-17-18(13-16)21-14-20-17/h3-16,22-24,26H,17H2,1-2H3,(H,30,35);9-10,13,15H,3-8,11-12,14H2,1-2H3/t22?,24-,26+;/m0./s1. The van der Waals surface area contributed by atoms with Gasteiger partial charge in [-0.2, -0.15) is 0 Å². The fourth-order valence-corrected chi connectivity index (χ4v) is 10.5. The quantitative estimate of drug-likeness (QED) is 0.0253. The van der Waals surface area contributed by atoms with Crippen LogP contribution in [0.1, 0.15) is 94.6 Å². The summed E-state index contributed by atoms with van der Waals surface area (Å²) in [6, 6.07) is 28.8. The number of nitrogens with zero attached hydrogens (tertiary/aromatic N) is 2. The van der Waals surface area contributed by atoms with E-state index in [1.807, 2.05) is 92.7 Å². The zero-order chi connectivity index (χ0) is 44.2. The molecule has 0 bridgehead atoms. The number of β-lactam (4-membered cyclic amide) rings is 1. The Bertz CT molecular complexity index is 2090. The van der Waals surface area contributed by atoms with Crippen molar-refractivity contribution < 1.29 is 42.8 Å². The van der Waals surface area contributed by atoms with Crippen LogP contribution < -0.4 is 14.8 Å². The van der Waals surface area contributed by atoms with Gasteiger partial charge in [-0.1, -0.05) is 111 Å². The fraction of sp³-hybridized carbons (Fsp3) is 0.426. The number of unbranched alkanes of at least 4 members (excludes halogenated alkanes) is 5. The van der Waals surface area contributed by atoms with E-state index in [0.29, 0.717) is 12.4 Å². The predicted octanol–water partition coefficient (Wildman–Crippen LogP) is 9.04. The molecule has 15 heteroatoms. The third-order valence-electron chi connectivity index (χ3n) is 11.0. The number of fused-ring (bicyclic) bond motifs is 2. The van der Waals surface area contributed by atoms with Crippen molar-refractivity contribution >= 4 is 46.6 Å². The Kier molecular flexibility index (Phi) is 16.2. The van der Waals surface area contributed by atoms with Gasteiger partial charge in [0.2, 0.25) is 12.7 Å². The molecule has 0 saturated carbocycles. The number of nitro groups is 1. The van der Waals surface area contributed by atoms with Crippen LogP contribution in [0.2, 0.25) is 0 Å². The number of benzene rings is 4. The molecular weight excluding hydrogens is 831 g/mol. The molecule has 3 aliphatic heterocycles. The van der Waals surface area contributed by atoms with E-state index in [1.54, 1.807) is 0 Å². The number of non-ortho nitro benzene ring substituents is 1. The lowest BCUT2D eigenvalue weighted by Crippen LogP contribution is -2.70.